The average molecular weight is 206 g/mol. The van der Waals surface area contributed by atoms with Crippen LogP contribution < -0.4 is 0 Å². The summed E-state index contributed by atoms with van der Waals surface area (Å²) < 4.78 is 0. The molecule has 84 valence electrons. The molecule has 3 aliphatic rings. The van der Waals surface area contributed by atoms with Gasteiger partial charge in [-0.15, -0.1) is 0 Å². The van der Waals surface area contributed by atoms with E-state index in [2.05, 4.69) is 20.8 Å². The van der Waals surface area contributed by atoms with Gasteiger partial charge in [0.25, 0.3) is 0 Å². The maximum absolute atomic E-state index is 12.2. The van der Waals surface area contributed by atoms with Gasteiger partial charge >= 0.3 is 0 Å². The van der Waals surface area contributed by atoms with E-state index < -0.39 is 0 Å². The van der Waals surface area contributed by atoms with Gasteiger partial charge in [0.05, 0.1) is 0 Å². The minimum absolute atomic E-state index is 0.308. The van der Waals surface area contributed by atoms with E-state index in [1.54, 1.807) is 0 Å². The van der Waals surface area contributed by atoms with Crippen molar-refractivity contribution in [3.05, 3.63) is 0 Å². The normalized spacial score (nSPS) is 51.9. The molecule has 3 aliphatic carbocycles. The predicted octanol–water partition coefficient (Wildman–Crippen LogP) is 3.43. The first-order chi connectivity index (χ1) is 7.01. The Hall–Kier alpha value is -0.330. The van der Waals surface area contributed by atoms with Crippen molar-refractivity contribution in [2.45, 2.75) is 52.9 Å². The fourth-order valence-electron chi connectivity index (χ4n) is 5.64. The van der Waals surface area contributed by atoms with Crippen LogP contribution in [0, 0.1) is 28.6 Å². The molecular formula is C14H22O. The molecule has 0 aromatic rings. The quantitative estimate of drug-likeness (QED) is 0.593. The number of Topliss-reactive ketones (excluding diaryl/α,β-unsaturated/α-hetero) is 1. The average Bonchev–Trinajstić information content (AvgIpc) is 2.41. The molecule has 0 aliphatic heterocycles. The van der Waals surface area contributed by atoms with Crippen LogP contribution in [-0.4, -0.2) is 5.78 Å². The van der Waals surface area contributed by atoms with Crippen molar-refractivity contribution in [1.29, 1.82) is 0 Å². The van der Waals surface area contributed by atoms with Gasteiger partial charge in [0.1, 0.15) is 5.78 Å². The fraction of sp³-hybridized carbons (Fsp3) is 0.929. The first-order valence-electron chi connectivity index (χ1n) is 6.54. The second kappa shape index (κ2) is 2.67. The summed E-state index contributed by atoms with van der Waals surface area (Å²) in [5.41, 5.74) is 0.751. The fourth-order valence-corrected chi connectivity index (χ4v) is 5.64. The number of rotatable bonds is 0. The van der Waals surface area contributed by atoms with E-state index in [0.717, 1.165) is 24.7 Å². The van der Waals surface area contributed by atoms with E-state index >= 15 is 0 Å². The van der Waals surface area contributed by atoms with E-state index in [4.69, 9.17) is 0 Å². The lowest BCUT2D eigenvalue weighted by Crippen LogP contribution is -2.65. The molecule has 0 heterocycles. The maximum Gasteiger partial charge on any atom is 0.137 e. The van der Waals surface area contributed by atoms with Crippen LogP contribution in [0.25, 0.3) is 0 Å². The lowest BCUT2D eigenvalue weighted by atomic mass is 9.36. The standard InChI is InChI=1S/C14H22O/c1-9-6-7-11-13(2,3)12-10(15)5-4-8-14(9,11)12/h9,11-12H,4-8H2,1-3H3/t9-,11-,12-,14+/m1/s1. The summed E-state index contributed by atoms with van der Waals surface area (Å²) >= 11 is 0. The number of carbonyl (C=O) groups excluding carboxylic acids is 1. The topological polar surface area (TPSA) is 17.1 Å². The zero-order valence-electron chi connectivity index (χ0n) is 10.2. The van der Waals surface area contributed by atoms with Gasteiger partial charge in [-0.25, -0.2) is 0 Å². The van der Waals surface area contributed by atoms with E-state index in [-0.39, 0.29) is 0 Å². The van der Waals surface area contributed by atoms with Gasteiger partial charge in [-0.3, -0.25) is 4.79 Å². The Balaban J connectivity index is 2.05. The Labute approximate surface area is 92.6 Å². The zero-order chi connectivity index (χ0) is 10.8. The molecule has 1 nitrogen and oxygen atoms in total. The third-order valence-electron chi connectivity index (χ3n) is 5.99. The highest BCUT2D eigenvalue weighted by Crippen LogP contribution is 2.75. The minimum atomic E-state index is 0.308. The largest absolute Gasteiger partial charge is 0.299 e. The van der Waals surface area contributed by atoms with E-state index in [9.17, 15) is 4.79 Å². The summed E-state index contributed by atoms with van der Waals surface area (Å²) in [5, 5.41) is 0. The van der Waals surface area contributed by atoms with Crippen molar-refractivity contribution < 1.29 is 4.79 Å². The summed E-state index contributed by atoms with van der Waals surface area (Å²) in [7, 11) is 0. The Bertz CT molecular complexity index is 317. The lowest BCUT2D eigenvalue weighted by Gasteiger charge is -2.67. The van der Waals surface area contributed by atoms with Gasteiger partial charge < -0.3 is 0 Å². The van der Waals surface area contributed by atoms with Crippen LogP contribution in [0.4, 0.5) is 0 Å². The van der Waals surface area contributed by atoms with Crippen molar-refractivity contribution in [1.82, 2.24) is 0 Å². The molecule has 4 atom stereocenters. The molecule has 0 aromatic carbocycles. The van der Waals surface area contributed by atoms with Crippen molar-refractivity contribution in [3.8, 4) is 0 Å². The van der Waals surface area contributed by atoms with Gasteiger partial charge in [0.15, 0.2) is 0 Å². The van der Waals surface area contributed by atoms with Gasteiger partial charge in [-0.05, 0) is 48.3 Å². The number of hydrogen-bond donors (Lipinski definition) is 0. The van der Waals surface area contributed by atoms with Crippen LogP contribution >= 0.6 is 0 Å². The molecule has 0 bridgehead atoms. The molecule has 0 N–H and O–H groups in total. The van der Waals surface area contributed by atoms with Gasteiger partial charge in [-0.1, -0.05) is 20.8 Å². The van der Waals surface area contributed by atoms with Gasteiger partial charge in [0, 0.05) is 12.3 Å². The zero-order valence-corrected chi connectivity index (χ0v) is 10.2. The van der Waals surface area contributed by atoms with Crippen LogP contribution in [0.1, 0.15) is 52.9 Å². The molecule has 1 heteroatoms. The molecule has 15 heavy (non-hydrogen) atoms. The predicted molar refractivity (Wildman–Crippen MR) is 60.5 cm³/mol. The smallest absolute Gasteiger partial charge is 0.137 e. The number of hydrogen-bond acceptors (Lipinski definition) is 1. The Morgan fingerprint density at radius 2 is 2.00 bits per heavy atom. The number of carbonyl (C=O) groups is 1. The molecule has 0 amide bonds. The third-order valence-corrected chi connectivity index (χ3v) is 5.99. The first kappa shape index (κ1) is 9.86. The van der Waals surface area contributed by atoms with E-state index in [0.29, 0.717) is 22.5 Å². The van der Waals surface area contributed by atoms with Crippen LogP contribution in [0.3, 0.4) is 0 Å². The molecule has 3 rings (SSSR count). The monoisotopic (exact) mass is 206 g/mol. The maximum atomic E-state index is 12.2. The summed E-state index contributed by atoms with van der Waals surface area (Å²) in [6, 6.07) is 0. The minimum Gasteiger partial charge on any atom is -0.299 e. The summed E-state index contributed by atoms with van der Waals surface area (Å²) in [6.45, 7) is 7.06. The number of ketones is 1. The Morgan fingerprint density at radius 1 is 1.27 bits per heavy atom. The summed E-state index contributed by atoms with van der Waals surface area (Å²) in [4.78, 5) is 12.2. The molecular weight excluding hydrogens is 184 g/mol. The third kappa shape index (κ3) is 0.893. The lowest BCUT2D eigenvalue weighted by molar-refractivity contribution is -0.202. The van der Waals surface area contributed by atoms with Gasteiger partial charge in [-0.2, -0.15) is 0 Å². The van der Waals surface area contributed by atoms with Crippen LogP contribution in [0.5, 0.6) is 0 Å². The van der Waals surface area contributed by atoms with Crippen LogP contribution in [0.2, 0.25) is 0 Å². The Morgan fingerprint density at radius 3 is 2.73 bits per heavy atom. The first-order valence-corrected chi connectivity index (χ1v) is 6.54. The summed E-state index contributed by atoms with van der Waals surface area (Å²) in [5.74, 6) is 2.62. The SMILES string of the molecule is C[C@@H]1CC[C@@H]2C(C)(C)[C@H]3C(=O)CCC[C@]123. The highest BCUT2D eigenvalue weighted by Gasteiger charge is 2.72. The highest BCUT2D eigenvalue weighted by molar-refractivity contribution is 5.85. The van der Waals surface area contributed by atoms with Gasteiger partial charge in [0.2, 0.25) is 0 Å². The van der Waals surface area contributed by atoms with Crippen molar-refractivity contribution in [2.24, 2.45) is 28.6 Å². The molecule has 1 spiro atoms. The van der Waals surface area contributed by atoms with Crippen molar-refractivity contribution >= 4 is 5.78 Å². The van der Waals surface area contributed by atoms with E-state index in [1.807, 2.05) is 0 Å². The molecule has 3 saturated carbocycles. The van der Waals surface area contributed by atoms with Crippen LogP contribution in [-0.2, 0) is 4.79 Å². The molecule has 0 aromatic heterocycles. The van der Waals surface area contributed by atoms with E-state index in [1.165, 1.54) is 19.3 Å². The molecule has 0 radical (unpaired) electrons. The van der Waals surface area contributed by atoms with Crippen molar-refractivity contribution in [2.75, 3.05) is 0 Å². The second-order valence-electron chi connectivity index (χ2n) is 6.72. The van der Waals surface area contributed by atoms with Crippen molar-refractivity contribution in [3.63, 3.8) is 0 Å². The van der Waals surface area contributed by atoms with Crippen LogP contribution in [0.15, 0.2) is 0 Å². The Kier molecular flexibility index (Phi) is 1.76. The molecule has 0 unspecified atom stereocenters. The summed E-state index contributed by atoms with van der Waals surface area (Å²) in [6.07, 6.45) is 6.08. The molecule has 3 fully saturated rings. The molecule has 0 saturated heterocycles. The second-order valence-corrected chi connectivity index (χ2v) is 6.72. The highest BCUT2D eigenvalue weighted by atomic mass is 16.1.